The fourth-order valence-corrected chi connectivity index (χ4v) is 4.04. The second-order valence-electron chi connectivity index (χ2n) is 6.63. The Morgan fingerprint density at radius 2 is 2.06 bits per heavy atom. The molecule has 1 aromatic carbocycles. The van der Waals surface area contributed by atoms with Crippen LogP contribution in [0.3, 0.4) is 0 Å². The molecule has 0 fully saturated rings. The molecule has 3 rings (SSSR count). The summed E-state index contributed by atoms with van der Waals surface area (Å²) in [5, 5.41) is -0.321. The van der Waals surface area contributed by atoms with E-state index < -0.39 is 28.7 Å². The van der Waals surface area contributed by atoms with Gasteiger partial charge in [-0.05, 0) is 31.0 Å². The lowest BCUT2D eigenvalue weighted by atomic mass is 10.1. The number of unbranched alkanes of at least 4 members (excludes halogenated alkanes) is 1. The van der Waals surface area contributed by atoms with Crippen molar-refractivity contribution in [3.05, 3.63) is 50.7 Å². The lowest BCUT2D eigenvalue weighted by Crippen LogP contribution is -2.28. The monoisotopic (exact) mass is 474 g/mol. The fraction of sp³-hybridized carbons (Fsp3) is 0.350. The van der Waals surface area contributed by atoms with Crippen LogP contribution in [0.15, 0.2) is 35.3 Å². The van der Waals surface area contributed by atoms with Crippen molar-refractivity contribution in [1.29, 1.82) is 0 Å². The molecule has 1 unspecified atom stereocenters. The average molecular weight is 475 g/mol. The topological polar surface area (TPSA) is 70.4 Å². The number of hydrogen-bond donors (Lipinski definition) is 0. The molecular formula is C20H18ClF3N2O4S. The van der Waals surface area contributed by atoms with Crippen molar-refractivity contribution in [1.82, 2.24) is 9.55 Å². The first kappa shape index (κ1) is 23.1. The molecule has 0 aliphatic rings. The number of hydrogen-bond acceptors (Lipinski definition) is 6. The van der Waals surface area contributed by atoms with E-state index in [1.807, 2.05) is 6.92 Å². The van der Waals surface area contributed by atoms with Gasteiger partial charge in [-0.2, -0.15) is 13.2 Å². The van der Waals surface area contributed by atoms with Crippen molar-refractivity contribution in [2.75, 3.05) is 7.11 Å². The molecule has 6 nitrogen and oxygen atoms in total. The Morgan fingerprint density at radius 1 is 1.32 bits per heavy atom. The van der Waals surface area contributed by atoms with Gasteiger partial charge in [-0.3, -0.25) is 4.79 Å². The summed E-state index contributed by atoms with van der Waals surface area (Å²) in [7, 11) is 1.27. The molecule has 0 spiro atoms. The van der Waals surface area contributed by atoms with Crippen molar-refractivity contribution >= 4 is 39.1 Å². The maximum atomic E-state index is 12.9. The molecule has 166 valence electrons. The van der Waals surface area contributed by atoms with Crippen LogP contribution in [0.5, 0.6) is 5.75 Å². The van der Waals surface area contributed by atoms with E-state index in [4.69, 9.17) is 21.1 Å². The third-order valence-corrected chi connectivity index (χ3v) is 5.67. The Labute approximate surface area is 184 Å². The van der Waals surface area contributed by atoms with Gasteiger partial charge in [0, 0.05) is 12.3 Å². The molecule has 11 heteroatoms. The summed E-state index contributed by atoms with van der Waals surface area (Å²) in [4.78, 5) is 27.9. The van der Waals surface area contributed by atoms with Gasteiger partial charge in [0.1, 0.15) is 5.75 Å². The highest BCUT2D eigenvalue weighted by Crippen LogP contribution is 2.33. The molecule has 1 atom stereocenters. The van der Waals surface area contributed by atoms with E-state index in [1.54, 1.807) is 12.1 Å². The van der Waals surface area contributed by atoms with E-state index in [9.17, 15) is 22.8 Å². The minimum atomic E-state index is -4.61. The number of thiazole rings is 1. The van der Waals surface area contributed by atoms with Crippen molar-refractivity contribution in [2.24, 2.45) is 0 Å². The highest BCUT2D eigenvalue weighted by Gasteiger charge is 2.32. The van der Waals surface area contributed by atoms with Gasteiger partial charge in [0.25, 0.3) is 0 Å². The summed E-state index contributed by atoms with van der Waals surface area (Å²) in [6.45, 7) is 1.98. The first-order valence-corrected chi connectivity index (χ1v) is 10.5. The van der Waals surface area contributed by atoms with Crippen LogP contribution in [0, 0.1) is 0 Å². The zero-order valence-electron chi connectivity index (χ0n) is 16.5. The van der Waals surface area contributed by atoms with Crippen LogP contribution in [0.4, 0.5) is 13.2 Å². The van der Waals surface area contributed by atoms with Crippen LogP contribution < -0.4 is 9.61 Å². The standard InChI is InChI=1S/C20H18ClF3N2O4S/c1-3-4-5-15(18(27)29-2)30-12-6-7-16-14(9-12)26(19(28)31-16)17-13(21)8-11(10-25-17)20(22,23)24/h6-10,15H,3-5H2,1-2H3. The van der Waals surface area contributed by atoms with Crippen molar-refractivity contribution < 1.29 is 27.4 Å². The summed E-state index contributed by atoms with van der Waals surface area (Å²) in [6, 6.07) is 5.47. The number of methoxy groups -OCH3 is 1. The largest absolute Gasteiger partial charge is 0.479 e. The van der Waals surface area contributed by atoms with Crippen LogP contribution in [0.2, 0.25) is 5.02 Å². The molecule has 0 bridgehead atoms. The lowest BCUT2D eigenvalue weighted by molar-refractivity contribution is -0.149. The van der Waals surface area contributed by atoms with Gasteiger partial charge < -0.3 is 9.47 Å². The smallest absolute Gasteiger partial charge is 0.417 e. The highest BCUT2D eigenvalue weighted by atomic mass is 35.5. The third-order valence-electron chi connectivity index (χ3n) is 4.47. The van der Waals surface area contributed by atoms with Gasteiger partial charge >= 0.3 is 17.0 Å². The average Bonchev–Trinajstić information content (AvgIpc) is 3.04. The normalized spacial score (nSPS) is 12.7. The van der Waals surface area contributed by atoms with E-state index >= 15 is 0 Å². The third kappa shape index (κ3) is 5.01. The first-order valence-electron chi connectivity index (χ1n) is 9.29. The van der Waals surface area contributed by atoms with E-state index in [0.29, 0.717) is 28.6 Å². The van der Waals surface area contributed by atoms with Crippen LogP contribution in [-0.4, -0.2) is 28.7 Å². The molecule has 0 aliphatic carbocycles. The van der Waals surface area contributed by atoms with E-state index in [-0.39, 0.29) is 10.8 Å². The highest BCUT2D eigenvalue weighted by molar-refractivity contribution is 7.16. The summed E-state index contributed by atoms with van der Waals surface area (Å²) in [6.07, 6.45) is -2.76. The van der Waals surface area contributed by atoms with Crippen molar-refractivity contribution in [3.8, 4) is 11.6 Å². The molecule has 0 radical (unpaired) electrons. The number of rotatable bonds is 7. The summed E-state index contributed by atoms with van der Waals surface area (Å²) in [5.41, 5.74) is -0.671. The number of alkyl halides is 3. The number of esters is 1. The van der Waals surface area contributed by atoms with E-state index in [0.717, 1.165) is 34.8 Å². The number of ether oxygens (including phenoxy) is 2. The van der Waals surface area contributed by atoms with Gasteiger partial charge in [-0.15, -0.1) is 0 Å². The SMILES string of the molecule is CCCCC(Oc1ccc2sc(=O)n(-c3ncc(C(F)(F)F)cc3Cl)c2c1)C(=O)OC. The molecule has 0 N–H and O–H groups in total. The van der Waals surface area contributed by atoms with Crippen LogP contribution in [-0.2, 0) is 15.7 Å². The lowest BCUT2D eigenvalue weighted by Gasteiger charge is -2.17. The van der Waals surface area contributed by atoms with Gasteiger partial charge in [-0.1, -0.05) is 36.3 Å². The van der Waals surface area contributed by atoms with Crippen molar-refractivity contribution in [3.63, 3.8) is 0 Å². The second kappa shape index (κ2) is 9.27. The van der Waals surface area contributed by atoms with Crippen LogP contribution in [0.25, 0.3) is 16.0 Å². The minimum Gasteiger partial charge on any atom is -0.479 e. The Kier molecular flexibility index (Phi) is 6.90. The molecular weight excluding hydrogens is 457 g/mol. The number of carbonyl (C=O) groups is 1. The predicted octanol–water partition coefficient (Wildman–Crippen LogP) is 5.23. The Bertz CT molecular complexity index is 1160. The molecule has 0 saturated carbocycles. The number of carbonyl (C=O) groups excluding carboxylic acids is 1. The second-order valence-corrected chi connectivity index (χ2v) is 8.03. The number of aromatic nitrogens is 2. The van der Waals surface area contributed by atoms with Gasteiger partial charge in [0.05, 0.1) is 27.9 Å². The molecule has 3 aromatic rings. The predicted molar refractivity (Wildman–Crippen MR) is 111 cm³/mol. The Hall–Kier alpha value is -2.59. The zero-order chi connectivity index (χ0) is 22.8. The number of benzene rings is 1. The van der Waals surface area contributed by atoms with E-state index in [1.165, 1.54) is 13.2 Å². The van der Waals surface area contributed by atoms with Gasteiger partial charge in [-0.25, -0.2) is 14.3 Å². The number of pyridine rings is 1. The molecule has 2 heterocycles. The molecule has 2 aromatic heterocycles. The maximum Gasteiger partial charge on any atom is 0.417 e. The van der Waals surface area contributed by atoms with Gasteiger partial charge in [0.15, 0.2) is 11.9 Å². The summed E-state index contributed by atoms with van der Waals surface area (Å²) in [5.74, 6) is -0.351. The number of halogens is 4. The Morgan fingerprint density at radius 3 is 2.68 bits per heavy atom. The quantitative estimate of drug-likeness (QED) is 0.438. The number of fused-ring (bicyclic) bond motifs is 1. The minimum absolute atomic E-state index is 0.126. The molecule has 0 amide bonds. The fourth-order valence-electron chi connectivity index (χ4n) is 2.93. The Balaban J connectivity index is 2.04. The van der Waals surface area contributed by atoms with Gasteiger partial charge in [0.2, 0.25) is 0 Å². The number of nitrogens with zero attached hydrogens (tertiary/aromatic N) is 2. The molecule has 0 saturated heterocycles. The maximum absolute atomic E-state index is 12.9. The van der Waals surface area contributed by atoms with Crippen LogP contribution >= 0.6 is 22.9 Å². The van der Waals surface area contributed by atoms with Crippen molar-refractivity contribution in [2.45, 2.75) is 38.5 Å². The zero-order valence-corrected chi connectivity index (χ0v) is 18.1. The van der Waals surface area contributed by atoms with Crippen LogP contribution in [0.1, 0.15) is 31.7 Å². The molecule has 0 aliphatic heterocycles. The summed E-state index contributed by atoms with van der Waals surface area (Å²) >= 11 is 6.91. The molecule has 31 heavy (non-hydrogen) atoms. The first-order chi connectivity index (χ1) is 14.7. The summed E-state index contributed by atoms with van der Waals surface area (Å²) < 4.78 is 51.0. The van der Waals surface area contributed by atoms with E-state index in [2.05, 4.69) is 4.98 Å².